The van der Waals surface area contributed by atoms with Crippen LogP contribution in [0, 0.1) is 5.82 Å². The summed E-state index contributed by atoms with van der Waals surface area (Å²) in [4.78, 5) is 27.4. The van der Waals surface area contributed by atoms with Crippen LogP contribution in [0.5, 0.6) is 0 Å². The summed E-state index contributed by atoms with van der Waals surface area (Å²) in [5.41, 5.74) is -0.886. The molecule has 0 radical (unpaired) electrons. The van der Waals surface area contributed by atoms with Crippen molar-refractivity contribution in [2.75, 3.05) is 6.54 Å². The van der Waals surface area contributed by atoms with Gasteiger partial charge in [0.15, 0.2) is 0 Å². The molecule has 26 heavy (non-hydrogen) atoms. The third-order valence-corrected chi connectivity index (χ3v) is 5.76. The number of benzene rings is 1. The second-order valence-electron chi connectivity index (χ2n) is 6.74. The maximum Gasteiger partial charge on any atom is 0.251 e. The number of piperidine rings is 1. The average molecular weight is 376 g/mol. The van der Waals surface area contributed by atoms with Gasteiger partial charge in [-0.3, -0.25) is 9.59 Å². The van der Waals surface area contributed by atoms with Gasteiger partial charge in [0, 0.05) is 23.9 Å². The first-order chi connectivity index (χ1) is 12.3. The van der Waals surface area contributed by atoms with E-state index in [0.29, 0.717) is 18.5 Å². The lowest BCUT2D eigenvalue weighted by atomic mass is 9.81. The number of hydrogen-bond acceptors (Lipinski definition) is 4. The highest BCUT2D eigenvalue weighted by Gasteiger charge is 2.47. The topological polar surface area (TPSA) is 69.6 Å². The molecule has 1 saturated heterocycles. The minimum absolute atomic E-state index is 0.111. The fraction of sp³-hybridized carbons (Fsp3) is 0.368. The van der Waals surface area contributed by atoms with Gasteiger partial charge in [0.1, 0.15) is 5.82 Å². The number of aliphatic hydroxyl groups is 1. The summed E-state index contributed by atoms with van der Waals surface area (Å²) < 4.78 is 13.1. The van der Waals surface area contributed by atoms with Crippen molar-refractivity contribution in [3.05, 3.63) is 58.0 Å². The lowest BCUT2D eigenvalue weighted by Gasteiger charge is -2.48. The van der Waals surface area contributed by atoms with E-state index < -0.39 is 29.4 Å². The number of nitrogens with one attached hydrogen (secondary N) is 1. The number of thiophene rings is 1. The first-order valence-electron chi connectivity index (χ1n) is 8.39. The summed E-state index contributed by atoms with van der Waals surface area (Å²) >= 11 is 1.47. The van der Waals surface area contributed by atoms with Crippen LogP contribution in [-0.4, -0.2) is 40.0 Å². The number of halogens is 1. The largest absolute Gasteiger partial charge is 0.388 e. The number of likely N-dealkylation sites (tertiary alicyclic amines) is 1. The molecule has 2 amide bonds. The van der Waals surface area contributed by atoms with Gasteiger partial charge in [-0.2, -0.15) is 0 Å². The van der Waals surface area contributed by atoms with Gasteiger partial charge in [0.2, 0.25) is 5.91 Å². The first kappa shape index (κ1) is 18.5. The van der Waals surface area contributed by atoms with Crippen LogP contribution in [-0.2, 0) is 4.79 Å². The molecule has 1 aliphatic heterocycles. The Kier molecular flexibility index (Phi) is 5.11. The lowest BCUT2D eigenvalue weighted by molar-refractivity contribution is -0.140. The van der Waals surface area contributed by atoms with E-state index >= 15 is 0 Å². The van der Waals surface area contributed by atoms with Crippen molar-refractivity contribution in [2.45, 2.75) is 38.0 Å². The predicted octanol–water partition coefficient (Wildman–Crippen LogP) is 2.73. The summed E-state index contributed by atoms with van der Waals surface area (Å²) in [6.45, 7) is 3.56. The minimum atomic E-state index is -1.18. The monoisotopic (exact) mass is 376 g/mol. The van der Waals surface area contributed by atoms with E-state index in [1.54, 1.807) is 11.8 Å². The van der Waals surface area contributed by atoms with Gasteiger partial charge in [-0.25, -0.2) is 4.39 Å². The number of carbonyl (C=O) groups is 2. The number of nitrogens with zero attached hydrogens (tertiary/aromatic N) is 1. The zero-order valence-electron chi connectivity index (χ0n) is 14.6. The molecule has 0 saturated carbocycles. The van der Waals surface area contributed by atoms with Gasteiger partial charge in [-0.1, -0.05) is 6.07 Å². The maximum atomic E-state index is 13.1. The Bertz CT molecular complexity index is 790. The number of carbonyl (C=O) groups excluding carboxylic acids is 2. The summed E-state index contributed by atoms with van der Waals surface area (Å²) in [5.74, 6) is -0.951. The van der Waals surface area contributed by atoms with Crippen LogP contribution in [0.4, 0.5) is 4.39 Å². The Morgan fingerprint density at radius 3 is 2.58 bits per heavy atom. The summed E-state index contributed by atoms with van der Waals surface area (Å²) in [7, 11) is 0. The van der Waals surface area contributed by atoms with Gasteiger partial charge in [0.05, 0.1) is 17.7 Å². The van der Waals surface area contributed by atoms with E-state index in [1.807, 2.05) is 17.5 Å². The first-order valence-corrected chi connectivity index (χ1v) is 9.27. The molecule has 0 spiro atoms. The Morgan fingerprint density at radius 2 is 2.00 bits per heavy atom. The minimum Gasteiger partial charge on any atom is -0.388 e. The van der Waals surface area contributed by atoms with Crippen molar-refractivity contribution in [1.82, 2.24) is 10.2 Å². The quantitative estimate of drug-likeness (QED) is 0.865. The normalized spacial score (nSPS) is 25.8. The molecule has 5 nitrogen and oxygen atoms in total. The molecule has 3 atom stereocenters. The molecule has 1 aliphatic rings. The van der Waals surface area contributed by atoms with Crippen LogP contribution in [0.25, 0.3) is 0 Å². The molecule has 1 aromatic carbocycles. The second-order valence-corrected chi connectivity index (χ2v) is 7.72. The van der Waals surface area contributed by atoms with Crippen LogP contribution >= 0.6 is 11.3 Å². The van der Waals surface area contributed by atoms with Crippen molar-refractivity contribution in [1.29, 1.82) is 0 Å². The maximum absolute atomic E-state index is 13.1. The third kappa shape index (κ3) is 3.64. The molecule has 1 fully saturated rings. The van der Waals surface area contributed by atoms with E-state index in [2.05, 4.69) is 5.32 Å². The van der Waals surface area contributed by atoms with E-state index in [-0.39, 0.29) is 5.91 Å². The molecule has 0 aliphatic carbocycles. The van der Waals surface area contributed by atoms with Crippen LogP contribution in [0.2, 0.25) is 0 Å². The van der Waals surface area contributed by atoms with Crippen LogP contribution in [0.1, 0.15) is 41.5 Å². The van der Waals surface area contributed by atoms with E-state index in [9.17, 15) is 19.1 Å². The zero-order valence-corrected chi connectivity index (χ0v) is 15.4. The molecular weight excluding hydrogens is 355 g/mol. The highest BCUT2D eigenvalue weighted by Crippen LogP contribution is 2.38. The van der Waals surface area contributed by atoms with Gasteiger partial charge >= 0.3 is 0 Å². The number of hydrogen-bond donors (Lipinski definition) is 2. The summed E-state index contributed by atoms with van der Waals surface area (Å²) in [5, 5.41) is 15.7. The molecule has 3 rings (SSSR count). The van der Waals surface area contributed by atoms with Crippen LogP contribution < -0.4 is 5.32 Å². The van der Waals surface area contributed by atoms with Crippen molar-refractivity contribution in [3.8, 4) is 0 Å². The van der Waals surface area contributed by atoms with Gasteiger partial charge < -0.3 is 15.3 Å². The Morgan fingerprint density at radius 1 is 1.31 bits per heavy atom. The summed E-state index contributed by atoms with van der Waals surface area (Å²) in [6, 6.07) is 7.84. The molecule has 1 aromatic heterocycles. The Balaban J connectivity index is 1.94. The van der Waals surface area contributed by atoms with Crippen molar-refractivity contribution < 1.29 is 19.1 Å². The van der Waals surface area contributed by atoms with Crippen LogP contribution in [0.3, 0.4) is 0 Å². The van der Waals surface area contributed by atoms with E-state index in [0.717, 1.165) is 4.88 Å². The smallest absolute Gasteiger partial charge is 0.251 e. The second kappa shape index (κ2) is 7.17. The number of rotatable bonds is 3. The Hall–Kier alpha value is -2.25. The standard InChI is InChI=1S/C19H21FN2O3S/c1-12(23)22-10-9-19(2,25)17(16(22)15-4-3-11-26-15)21-18(24)13-5-7-14(20)8-6-13/h3-8,11,16-17,25H,9-10H2,1-2H3,(H,21,24). The van der Waals surface area contributed by atoms with E-state index in [1.165, 1.54) is 42.5 Å². The van der Waals surface area contributed by atoms with E-state index in [4.69, 9.17) is 0 Å². The predicted molar refractivity (Wildman–Crippen MR) is 97.3 cm³/mol. The highest BCUT2D eigenvalue weighted by molar-refractivity contribution is 7.10. The van der Waals surface area contributed by atoms with Gasteiger partial charge in [-0.15, -0.1) is 11.3 Å². The Labute approximate surface area is 155 Å². The molecule has 2 heterocycles. The van der Waals surface area contributed by atoms with Crippen LogP contribution in [0.15, 0.2) is 41.8 Å². The molecule has 3 unspecified atom stereocenters. The zero-order chi connectivity index (χ0) is 18.9. The van der Waals surface area contributed by atoms with Gasteiger partial charge in [-0.05, 0) is 49.1 Å². The van der Waals surface area contributed by atoms with Gasteiger partial charge in [0.25, 0.3) is 5.91 Å². The highest BCUT2D eigenvalue weighted by atomic mass is 32.1. The molecular formula is C19H21FN2O3S. The fourth-order valence-electron chi connectivity index (χ4n) is 3.35. The molecule has 7 heteroatoms. The lowest BCUT2D eigenvalue weighted by Crippen LogP contribution is -2.63. The van der Waals surface area contributed by atoms with Crippen molar-refractivity contribution in [3.63, 3.8) is 0 Å². The number of amides is 2. The molecule has 0 bridgehead atoms. The average Bonchev–Trinajstić information content (AvgIpc) is 3.10. The van der Waals surface area contributed by atoms with Crippen molar-refractivity contribution in [2.24, 2.45) is 0 Å². The van der Waals surface area contributed by atoms with Crippen molar-refractivity contribution >= 4 is 23.2 Å². The fourth-order valence-corrected chi connectivity index (χ4v) is 4.23. The SMILES string of the molecule is CC(=O)N1CCC(C)(O)C(NC(=O)c2ccc(F)cc2)C1c1cccs1. The molecule has 2 aromatic rings. The summed E-state index contributed by atoms with van der Waals surface area (Å²) in [6.07, 6.45) is 0.350. The molecule has 2 N–H and O–H groups in total. The third-order valence-electron chi connectivity index (χ3n) is 4.81. The molecule has 138 valence electrons.